The van der Waals surface area contributed by atoms with Crippen LogP contribution in [0, 0.1) is 5.92 Å². The lowest BCUT2D eigenvalue weighted by Gasteiger charge is -2.08. The highest BCUT2D eigenvalue weighted by Crippen LogP contribution is 2.21. The van der Waals surface area contributed by atoms with Gasteiger partial charge < -0.3 is 11.1 Å². The number of hydrogen-bond acceptors (Lipinski definition) is 3. The lowest BCUT2D eigenvalue weighted by atomic mass is 10.1. The highest BCUT2D eigenvalue weighted by atomic mass is 15.0. The van der Waals surface area contributed by atoms with E-state index in [0.717, 1.165) is 35.6 Å². The second-order valence-electron chi connectivity index (χ2n) is 5.17. The topological polar surface area (TPSA) is 50.9 Å². The first-order valence-electron chi connectivity index (χ1n) is 6.71. The highest BCUT2D eigenvalue weighted by molar-refractivity contribution is 5.67. The van der Waals surface area contributed by atoms with Gasteiger partial charge >= 0.3 is 0 Å². The maximum atomic E-state index is 5.79. The van der Waals surface area contributed by atoms with Gasteiger partial charge in [-0.25, -0.2) is 4.98 Å². The van der Waals surface area contributed by atoms with Gasteiger partial charge in [-0.1, -0.05) is 26.0 Å². The van der Waals surface area contributed by atoms with Gasteiger partial charge in [-0.15, -0.1) is 0 Å². The van der Waals surface area contributed by atoms with E-state index < -0.39 is 0 Å². The number of rotatable bonds is 5. The van der Waals surface area contributed by atoms with Gasteiger partial charge in [-0.05, 0) is 42.2 Å². The van der Waals surface area contributed by atoms with E-state index in [-0.39, 0.29) is 0 Å². The minimum atomic E-state index is 0.707. The zero-order valence-electron chi connectivity index (χ0n) is 11.6. The number of anilines is 2. The van der Waals surface area contributed by atoms with Crippen LogP contribution in [0.5, 0.6) is 0 Å². The molecule has 1 aromatic heterocycles. The van der Waals surface area contributed by atoms with Crippen LogP contribution in [-0.2, 0) is 0 Å². The Bertz CT molecular complexity index is 518. The van der Waals surface area contributed by atoms with Crippen molar-refractivity contribution in [1.82, 2.24) is 4.98 Å². The van der Waals surface area contributed by atoms with Crippen LogP contribution in [0.2, 0.25) is 0 Å². The van der Waals surface area contributed by atoms with Gasteiger partial charge in [0.1, 0.15) is 5.82 Å². The summed E-state index contributed by atoms with van der Waals surface area (Å²) in [6.45, 7) is 5.40. The Morgan fingerprint density at radius 2 is 2.00 bits per heavy atom. The number of aromatic nitrogens is 1. The van der Waals surface area contributed by atoms with Crippen LogP contribution in [0.1, 0.15) is 20.3 Å². The summed E-state index contributed by atoms with van der Waals surface area (Å²) in [4.78, 5) is 4.43. The van der Waals surface area contributed by atoms with Crippen molar-refractivity contribution in [1.29, 1.82) is 0 Å². The fourth-order valence-corrected chi connectivity index (χ4v) is 1.88. The second kappa shape index (κ2) is 6.23. The molecule has 0 aliphatic heterocycles. The molecular weight excluding hydrogens is 234 g/mol. The molecule has 1 heterocycles. The van der Waals surface area contributed by atoms with Gasteiger partial charge in [0.25, 0.3) is 0 Å². The predicted octanol–water partition coefficient (Wildman–Crippen LogP) is 3.79. The van der Waals surface area contributed by atoms with Crippen molar-refractivity contribution >= 4 is 11.5 Å². The Morgan fingerprint density at radius 3 is 2.63 bits per heavy atom. The summed E-state index contributed by atoms with van der Waals surface area (Å²) < 4.78 is 0. The minimum Gasteiger partial charge on any atom is -0.399 e. The Labute approximate surface area is 114 Å². The molecule has 0 spiro atoms. The van der Waals surface area contributed by atoms with E-state index in [2.05, 4.69) is 30.2 Å². The van der Waals surface area contributed by atoms with Gasteiger partial charge in [0.15, 0.2) is 0 Å². The van der Waals surface area contributed by atoms with Crippen LogP contribution < -0.4 is 11.1 Å². The fraction of sp³-hybridized carbons (Fsp3) is 0.312. The van der Waals surface area contributed by atoms with E-state index >= 15 is 0 Å². The maximum absolute atomic E-state index is 5.79. The van der Waals surface area contributed by atoms with Gasteiger partial charge in [0, 0.05) is 24.0 Å². The summed E-state index contributed by atoms with van der Waals surface area (Å²) in [5.41, 5.74) is 8.75. The third kappa shape index (κ3) is 3.98. The molecular formula is C16H21N3. The zero-order chi connectivity index (χ0) is 13.7. The zero-order valence-corrected chi connectivity index (χ0v) is 11.6. The quantitative estimate of drug-likeness (QED) is 0.799. The Kier molecular flexibility index (Phi) is 4.39. The van der Waals surface area contributed by atoms with E-state index in [1.54, 1.807) is 0 Å². The molecule has 0 bridgehead atoms. The van der Waals surface area contributed by atoms with Gasteiger partial charge in [0.2, 0.25) is 0 Å². The highest BCUT2D eigenvalue weighted by Gasteiger charge is 2.00. The lowest BCUT2D eigenvalue weighted by Crippen LogP contribution is -2.05. The fourth-order valence-electron chi connectivity index (χ4n) is 1.88. The molecule has 1 aromatic carbocycles. The molecule has 3 nitrogen and oxygen atoms in total. The van der Waals surface area contributed by atoms with Crippen LogP contribution in [0.3, 0.4) is 0 Å². The van der Waals surface area contributed by atoms with E-state index in [1.165, 1.54) is 0 Å². The lowest BCUT2D eigenvalue weighted by molar-refractivity contribution is 0.606. The van der Waals surface area contributed by atoms with Crippen LogP contribution in [-0.4, -0.2) is 11.5 Å². The molecule has 100 valence electrons. The molecule has 0 saturated heterocycles. The molecule has 0 amide bonds. The maximum Gasteiger partial charge on any atom is 0.125 e. The number of hydrogen-bond donors (Lipinski definition) is 2. The normalized spacial score (nSPS) is 10.7. The van der Waals surface area contributed by atoms with E-state index in [0.29, 0.717) is 5.92 Å². The third-order valence-corrected chi connectivity index (χ3v) is 3.01. The summed E-state index contributed by atoms with van der Waals surface area (Å²) in [5, 5.41) is 3.33. The minimum absolute atomic E-state index is 0.707. The summed E-state index contributed by atoms with van der Waals surface area (Å²) in [7, 11) is 0. The Balaban J connectivity index is 2.02. The first kappa shape index (κ1) is 13.4. The van der Waals surface area contributed by atoms with E-state index in [9.17, 15) is 0 Å². The van der Waals surface area contributed by atoms with Crippen molar-refractivity contribution in [3.05, 3.63) is 42.6 Å². The summed E-state index contributed by atoms with van der Waals surface area (Å²) in [5.74, 6) is 1.63. The third-order valence-electron chi connectivity index (χ3n) is 3.01. The summed E-state index contributed by atoms with van der Waals surface area (Å²) in [6, 6.07) is 11.9. The van der Waals surface area contributed by atoms with Gasteiger partial charge in [0.05, 0.1) is 0 Å². The number of nitrogen functional groups attached to an aromatic ring is 1. The summed E-state index contributed by atoms with van der Waals surface area (Å²) >= 11 is 0. The molecule has 0 aliphatic carbocycles. The average Bonchev–Trinajstić information content (AvgIpc) is 2.39. The standard InChI is InChI=1S/C16H21N3/c1-12(2)8-9-18-16-7-6-14(11-19-16)13-4-3-5-15(17)10-13/h3-7,10-12H,8-9,17H2,1-2H3,(H,18,19). The second-order valence-corrected chi connectivity index (χ2v) is 5.17. The molecule has 2 aromatic rings. The van der Waals surface area contributed by atoms with Crippen molar-refractivity contribution in [2.45, 2.75) is 20.3 Å². The monoisotopic (exact) mass is 255 g/mol. The number of pyridine rings is 1. The number of nitrogens with one attached hydrogen (secondary N) is 1. The molecule has 0 fully saturated rings. The molecule has 0 unspecified atom stereocenters. The Hall–Kier alpha value is -2.03. The largest absolute Gasteiger partial charge is 0.399 e. The molecule has 0 radical (unpaired) electrons. The first-order chi connectivity index (χ1) is 9.15. The molecule has 19 heavy (non-hydrogen) atoms. The molecule has 3 N–H and O–H groups in total. The van der Waals surface area contributed by atoms with Gasteiger partial charge in [-0.3, -0.25) is 0 Å². The molecule has 3 heteroatoms. The molecule has 2 rings (SSSR count). The van der Waals surface area contributed by atoms with Crippen LogP contribution in [0.4, 0.5) is 11.5 Å². The molecule has 0 aliphatic rings. The van der Waals surface area contributed by atoms with E-state index in [1.807, 2.05) is 36.5 Å². The van der Waals surface area contributed by atoms with Gasteiger partial charge in [-0.2, -0.15) is 0 Å². The molecule has 0 saturated carbocycles. The van der Waals surface area contributed by atoms with Crippen LogP contribution >= 0.6 is 0 Å². The molecule has 0 atom stereocenters. The number of nitrogens with zero attached hydrogens (tertiary/aromatic N) is 1. The first-order valence-corrected chi connectivity index (χ1v) is 6.71. The van der Waals surface area contributed by atoms with Crippen molar-refractivity contribution in [3.63, 3.8) is 0 Å². The number of benzene rings is 1. The smallest absolute Gasteiger partial charge is 0.125 e. The van der Waals surface area contributed by atoms with Crippen molar-refractivity contribution < 1.29 is 0 Å². The predicted molar refractivity (Wildman–Crippen MR) is 82.0 cm³/mol. The van der Waals surface area contributed by atoms with Crippen molar-refractivity contribution in [2.75, 3.05) is 17.6 Å². The van der Waals surface area contributed by atoms with Crippen LogP contribution in [0.25, 0.3) is 11.1 Å². The average molecular weight is 255 g/mol. The number of nitrogens with two attached hydrogens (primary N) is 1. The van der Waals surface area contributed by atoms with E-state index in [4.69, 9.17) is 5.73 Å². The summed E-state index contributed by atoms with van der Waals surface area (Å²) in [6.07, 6.45) is 3.03. The SMILES string of the molecule is CC(C)CCNc1ccc(-c2cccc(N)c2)cn1. The Morgan fingerprint density at radius 1 is 1.16 bits per heavy atom. The van der Waals surface area contributed by atoms with Crippen LogP contribution in [0.15, 0.2) is 42.6 Å². The van der Waals surface area contributed by atoms with Crippen molar-refractivity contribution in [2.24, 2.45) is 5.92 Å². The van der Waals surface area contributed by atoms with Crippen molar-refractivity contribution in [3.8, 4) is 11.1 Å².